The Hall–Kier alpha value is -1.96. The predicted octanol–water partition coefficient (Wildman–Crippen LogP) is 3.91. The molecule has 0 radical (unpaired) electrons. The first-order valence-electron chi connectivity index (χ1n) is 8.25. The van der Waals surface area contributed by atoms with Crippen LogP contribution in [0.5, 0.6) is 0 Å². The fourth-order valence-electron chi connectivity index (χ4n) is 2.90. The van der Waals surface area contributed by atoms with Crippen LogP contribution in [0.15, 0.2) is 47.4 Å². The summed E-state index contributed by atoms with van der Waals surface area (Å²) < 4.78 is 41.2. The molecule has 0 saturated carbocycles. The number of nitrogens with one attached hydrogen (secondary N) is 1. The Kier molecular flexibility index (Phi) is 5.60. The van der Waals surface area contributed by atoms with Crippen LogP contribution < -0.4 is 5.32 Å². The molecule has 3 rings (SSSR count). The van der Waals surface area contributed by atoms with Gasteiger partial charge in [-0.25, -0.2) is 12.8 Å². The van der Waals surface area contributed by atoms with Crippen molar-refractivity contribution < 1.29 is 17.6 Å². The van der Waals surface area contributed by atoms with Crippen LogP contribution in [0.4, 0.5) is 10.1 Å². The summed E-state index contributed by atoms with van der Waals surface area (Å²) in [5.41, 5.74) is -0.0861. The Morgan fingerprint density at radius 2 is 1.77 bits per heavy atom. The van der Waals surface area contributed by atoms with Gasteiger partial charge in [-0.1, -0.05) is 30.2 Å². The van der Waals surface area contributed by atoms with Gasteiger partial charge >= 0.3 is 0 Å². The van der Waals surface area contributed by atoms with Crippen LogP contribution in [0.3, 0.4) is 0 Å². The Morgan fingerprint density at radius 3 is 2.46 bits per heavy atom. The Morgan fingerprint density at radius 1 is 1.08 bits per heavy atom. The summed E-state index contributed by atoms with van der Waals surface area (Å²) >= 11 is 5.70. The number of anilines is 1. The van der Waals surface area contributed by atoms with E-state index in [1.54, 1.807) is 12.1 Å². The minimum Gasteiger partial charge on any atom is -0.319 e. The number of carbonyl (C=O) groups is 1. The second-order valence-electron chi connectivity index (χ2n) is 6.04. The van der Waals surface area contributed by atoms with Crippen molar-refractivity contribution in [2.75, 3.05) is 18.4 Å². The topological polar surface area (TPSA) is 66.5 Å². The average Bonchev–Trinajstić information content (AvgIpc) is 2.64. The van der Waals surface area contributed by atoms with E-state index in [4.69, 9.17) is 11.6 Å². The van der Waals surface area contributed by atoms with Crippen molar-refractivity contribution in [2.45, 2.75) is 24.2 Å². The van der Waals surface area contributed by atoms with Gasteiger partial charge in [-0.05, 0) is 43.2 Å². The molecule has 2 aromatic carbocycles. The van der Waals surface area contributed by atoms with E-state index in [0.717, 1.165) is 25.3 Å². The van der Waals surface area contributed by atoms with E-state index in [1.165, 1.54) is 28.6 Å². The maximum absolute atomic E-state index is 13.9. The zero-order valence-electron chi connectivity index (χ0n) is 13.9. The molecular formula is C18H18ClFN2O3S. The second kappa shape index (κ2) is 7.73. The molecule has 2 aromatic rings. The third-order valence-electron chi connectivity index (χ3n) is 4.24. The minimum absolute atomic E-state index is 0.0209. The molecule has 0 aliphatic carbocycles. The van der Waals surface area contributed by atoms with Crippen molar-refractivity contribution in [3.63, 3.8) is 0 Å². The number of nitrogens with zero attached hydrogens (tertiary/aromatic N) is 1. The number of rotatable bonds is 4. The molecule has 26 heavy (non-hydrogen) atoms. The van der Waals surface area contributed by atoms with Crippen LogP contribution >= 0.6 is 11.6 Å². The summed E-state index contributed by atoms with van der Waals surface area (Å²) in [6.45, 7) is 0.869. The monoisotopic (exact) mass is 396 g/mol. The van der Waals surface area contributed by atoms with Gasteiger partial charge in [0.1, 0.15) is 5.82 Å². The molecule has 1 N–H and O–H groups in total. The van der Waals surface area contributed by atoms with Gasteiger partial charge in [0, 0.05) is 18.1 Å². The van der Waals surface area contributed by atoms with Crippen molar-refractivity contribution >= 4 is 33.2 Å². The molecule has 1 amide bonds. The standard InChI is InChI=1S/C18H18ClFN2O3S/c19-13-8-9-16(15(20)12-13)21-18(23)14-6-2-3-7-17(14)26(24,25)22-10-4-1-5-11-22/h2-3,6-9,12H,1,4-5,10-11H2,(H,21,23). The molecule has 0 bridgehead atoms. The van der Waals surface area contributed by atoms with Crippen LogP contribution in [-0.2, 0) is 10.0 Å². The third-order valence-corrected chi connectivity index (χ3v) is 6.44. The first-order chi connectivity index (χ1) is 12.4. The Bertz CT molecular complexity index is 928. The van der Waals surface area contributed by atoms with Gasteiger partial charge in [0.05, 0.1) is 16.1 Å². The largest absolute Gasteiger partial charge is 0.319 e. The second-order valence-corrected chi connectivity index (χ2v) is 8.38. The summed E-state index contributed by atoms with van der Waals surface area (Å²) in [6, 6.07) is 9.80. The number of hydrogen-bond donors (Lipinski definition) is 1. The lowest BCUT2D eigenvalue weighted by Crippen LogP contribution is -2.36. The molecule has 138 valence electrons. The molecule has 1 aliphatic rings. The highest BCUT2D eigenvalue weighted by Crippen LogP contribution is 2.25. The first kappa shape index (κ1) is 18.8. The molecule has 8 heteroatoms. The number of benzene rings is 2. The van der Waals surface area contributed by atoms with E-state index in [2.05, 4.69) is 5.32 Å². The van der Waals surface area contributed by atoms with Gasteiger partial charge < -0.3 is 5.32 Å². The van der Waals surface area contributed by atoms with E-state index in [-0.39, 0.29) is 21.2 Å². The van der Waals surface area contributed by atoms with E-state index in [9.17, 15) is 17.6 Å². The number of sulfonamides is 1. The van der Waals surface area contributed by atoms with Crippen molar-refractivity contribution in [1.29, 1.82) is 0 Å². The molecule has 0 atom stereocenters. The van der Waals surface area contributed by atoms with Crippen LogP contribution in [0, 0.1) is 5.82 Å². The molecule has 1 heterocycles. The highest BCUT2D eigenvalue weighted by Gasteiger charge is 2.29. The van der Waals surface area contributed by atoms with Gasteiger partial charge in [-0.3, -0.25) is 4.79 Å². The Balaban J connectivity index is 1.92. The van der Waals surface area contributed by atoms with E-state index >= 15 is 0 Å². The highest BCUT2D eigenvalue weighted by atomic mass is 35.5. The summed E-state index contributed by atoms with van der Waals surface area (Å²) in [5.74, 6) is -1.38. The molecule has 1 saturated heterocycles. The van der Waals surface area contributed by atoms with Gasteiger partial charge in [-0.2, -0.15) is 4.31 Å². The quantitative estimate of drug-likeness (QED) is 0.852. The zero-order chi connectivity index (χ0) is 18.7. The zero-order valence-corrected chi connectivity index (χ0v) is 15.5. The maximum Gasteiger partial charge on any atom is 0.257 e. The number of piperidine rings is 1. The molecular weight excluding hydrogens is 379 g/mol. The van der Waals surface area contributed by atoms with Gasteiger partial charge in [0.25, 0.3) is 5.91 Å². The third kappa shape index (κ3) is 3.90. The SMILES string of the molecule is O=C(Nc1ccc(Cl)cc1F)c1ccccc1S(=O)(=O)N1CCCCC1. The van der Waals surface area contributed by atoms with Gasteiger partial charge in [-0.15, -0.1) is 0 Å². The van der Waals surface area contributed by atoms with Crippen LogP contribution in [0.2, 0.25) is 5.02 Å². The van der Waals surface area contributed by atoms with E-state index in [1.807, 2.05) is 0 Å². The fourth-order valence-corrected chi connectivity index (χ4v) is 4.77. The normalized spacial score (nSPS) is 15.6. The molecule has 0 unspecified atom stereocenters. The molecule has 1 fully saturated rings. The molecule has 0 spiro atoms. The lowest BCUT2D eigenvalue weighted by Gasteiger charge is -2.26. The highest BCUT2D eigenvalue weighted by molar-refractivity contribution is 7.89. The van der Waals surface area contributed by atoms with Crippen molar-refractivity contribution in [3.05, 3.63) is 58.9 Å². The summed E-state index contributed by atoms with van der Waals surface area (Å²) in [7, 11) is -3.79. The predicted molar refractivity (Wildman–Crippen MR) is 98.4 cm³/mol. The van der Waals surface area contributed by atoms with Crippen LogP contribution in [0.1, 0.15) is 29.6 Å². The molecule has 0 aromatic heterocycles. The van der Waals surface area contributed by atoms with E-state index < -0.39 is 21.7 Å². The lowest BCUT2D eigenvalue weighted by atomic mass is 10.2. The number of carbonyl (C=O) groups excluding carboxylic acids is 1. The summed E-state index contributed by atoms with van der Waals surface area (Å²) in [4.78, 5) is 12.5. The van der Waals surface area contributed by atoms with E-state index in [0.29, 0.717) is 13.1 Å². The minimum atomic E-state index is -3.79. The maximum atomic E-state index is 13.9. The van der Waals surface area contributed by atoms with Gasteiger partial charge in [0.15, 0.2) is 0 Å². The van der Waals surface area contributed by atoms with Crippen molar-refractivity contribution in [1.82, 2.24) is 4.31 Å². The number of amides is 1. The smallest absolute Gasteiger partial charge is 0.257 e. The van der Waals surface area contributed by atoms with Gasteiger partial charge in [0.2, 0.25) is 10.0 Å². The summed E-state index contributed by atoms with van der Waals surface area (Å²) in [6.07, 6.45) is 2.58. The average molecular weight is 397 g/mol. The summed E-state index contributed by atoms with van der Waals surface area (Å²) in [5, 5.41) is 2.62. The fraction of sp³-hybridized carbons (Fsp3) is 0.278. The first-order valence-corrected chi connectivity index (χ1v) is 10.1. The number of halogens is 2. The molecule has 5 nitrogen and oxygen atoms in total. The van der Waals surface area contributed by atoms with Crippen molar-refractivity contribution in [3.8, 4) is 0 Å². The number of hydrogen-bond acceptors (Lipinski definition) is 3. The van der Waals surface area contributed by atoms with Crippen LogP contribution in [-0.4, -0.2) is 31.7 Å². The van der Waals surface area contributed by atoms with Crippen molar-refractivity contribution in [2.24, 2.45) is 0 Å². The molecule has 1 aliphatic heterocycles. The van der Waals surface area contributed by atoms with Crippen LogP contribution in [0.25, 0.3) is 0 Å². The lowest BCUT2D eigenvalue weighted by molar-refractivity contribution is 0.102. The Labute approximate surface area is 156 Å².